The summed E-state index contributed by atoms with van der Waals surface area (Å²) in [5, 5.41) is 0. The molecule has 0 radical (unpaired) electrons. The van der Waals surface area contributed by atoms with Crippen LogP contribution in [-0.2, 0) is 0 Å². The largest absolute Gasteiger partial charge is 0.0622 e. The fourth-order valence-corrected chi connectivity index (χ4v) is 2.59. The van der Waals surface area contributed by atoms with Crippen LogP contribution in [0.15, 0.2) is 109 Å². The minimum atomic E-state index is 1.20. The first-order chi connectivity index (χ1) is 12.9. The maximum Gasteiger partial charge on any atom is -0.0184 e. The van der Waals surface area contributed by atoms with E-state index < -0.39 is 0 Å². The number of allylic oxidation sites excluding steroid dienone is 4. The van der Waals surface area contributed by atoms with Gasteiger partial charge in [0.2, 0.25) is 0 Å². The van der Waals surface area contributed by atoms with E-state index in [1.54, 1.807) is 0 Å². The van der Waals surface area contributed by atoms with Crippen molar-refractivity contribution in [3.8, 4) is 0 Å². The molecule has 0 aliphatic rings. The van der Waals surface area contributed by atoms with Crippen LogP contribution >= 0.6 is 0 Å². The Labute approximate surface area is 156 Å². The highest BCUT2D eigenvalue weighted by molar-refractivity contribution is 5.68. The molecule has 0 aliphatic carbocycles. The van der Waals surface area contributed by atoms with Crippen molar-refractivity contribution in [2.45, 2.75) is 0 Å². The normalized spacial score (nSPS) is 12.0. The molecule has 26 heavy (non-hydrogen) atoms. The minimum absolute atomic E-state index is 1.20. The predicted molar refractivity (Wildman–Crippen MR) is 115 cm³/mol. The summed E-state index contributed by atoms with van der Waals surface area (Å²) in [7, 11) is 0. The number of benzene rings is 3. The van der Waals surface area contributed by atoms with Crippen LogP contribution in [-0.4, -0.2) is 0 Å². The summed E-state index contributed by atoms with van der Waals surface area (Å²) in [6, 6.07) is 29.0. The predicted octanol–water partition coefficient (Wildman–Crippen LogP) is 7.14. The summed E-state index contributed by atoms with van der Waals surface area (Å²) in [5.74, 6) is 0. The van der Waals surface area contributed by atoms with Crippen molar-refractivity contribution in [3.63, 3.8) is 0 Å². The van der Waals surface area contributed by atoms with Gasteiger partial charge in [-0.25, -0.2) is 0 Å². The molecule has 0 saturated heterocycles. The first-order valence-electron chi connectivity index (χ1n) is 8.80. The molecule has 0 heteroatoms. The maximum absolute atomic E-state index is 2.14. The van der Waals surface area contributed by atoms with Crippen LogP contribution < -0.4 is 0 Å². The molecule has 0 fully saturated rings. The van der Waals surface area contributed by atoms with Crippen LogP contribution in [0.5, 0.6) is 0 Å². The number of hydrogen-bond acceptors (Lipinski definition) is 0. The maximum atomic E-state index is 2.14. The molecule has 0 aliphatic heterocycles. The molecule has 3 rings (SSSR count). The van der Waals surface area contributed by atoms with E-state index in [1.165, 1.54) is 22.3 Å². The van der Waals surface area contributed by atoms with E-state index in [9.17, 15) is 0 Å². The average molecular weight is 334 g/mol. The molecule has 3 aromatic carbocycles. The third-order valence-corrected chi connectivity index (χ3v) is 3.95. The molecule has 0 bridgehead atoms. The molecular formula is C26H22. The Morgan fingerprint density at radius 3 is 1.12 bits per heavy atom. The van der Waals surface area contributed by atoms with Gasteiger partial charge in [-0.3, -0.25) is 0 Å². The van der Waals surface area contributed by atoms with E-state index in [0.717, 1.165) is 0 Å². The molecule has 0 amide bonds. The van der Waals surface area contributed by atoms with Gasteiger partial charge in [-0.2, -0.15) is 0 Å². The third-order valence-electron chi connectivity index (χ3n) is 3.95. The summed E-state index contributed by atoms with van der Waals surface area (Å²) in [4.78, 5) is 0. The summed E-state index contributed by atoms with van der Waals surface area (Å²) >= 11 is 0. The first-order valence-corrected chi connectivity index (χ1v) is 8.80. The number of hydrogen-bond donors (Lipinski definition) is 0. The van der Waals surface area contributed by atoms with Crippen LogP contribution in [0.25, 0.3) is 24.3 Å². The van der Waals surface area contributed by atoms with Crippen molar-refractivity contribution in [3.05, 3.63) is 131 Å². The quantitative estimate of drug-likeness (QED) is 0.420. The molecule has 0 aromatic heterocycles. The first kappa shape index (κ1) is 17.4. The molecule has 0 N–H and O–H groups in total. The van der Waals surface area contributed by atoms with Gasteiger partial charge >= 0.3 is 0 Å². The van der Waals surface area contributed by atoms with E-state index in [2.05, 4.69) is 97.1 Å². The van der Waals surface area contributed by atoms with Crippen LogP contribution in [0.1, 0.15) is 22.3 Å². The standard InChI is InChI=1S/C26H22/c1-3-13-23(14-4-1)17-7-9-19-25-21-11-12-22-26(25)20-10-8-18-24-15-5-2-6-16-24/h1-22H/b17-7+,18-8+,19-9+,20-10+. The highest BCUT2D eigenvalue weighted by Gasteiger charge is 1.92. The number of rotatable bonds is 6. The van der Waals surface area contributed by atoms with Crippen LogP contribution in [0.4, 0.5) is 0 Å². The van der Waals surface area contributed by atoms with Crippen molar-refractivity contribution in [1.82, 2.24) is 0 Å². The van der Waals surface area contributed by atoms with Gasteiger partial charge in [0.1, 0.15) is 0 Å². The van der Waals surface area contributed by atoms with Crippen molar-refractivity contribution in [1.29, 1.82) is 0 Å². The lowest BCUT2D eigenvalue weighted by Gasteiger charge is -1.99. The zero-order valence-corrected chi connectivity index (χ0v) is 14.7. The van der Waals surface area contributed by atoms with E-state index in [0.29, 0.717) is 0 Å². The van der Waals surface area contributed by atoms with Gasteiger partial charge < -0.3 is 0 Å². The Bertz CT molecular complexity index is 832. The topological polar surface area (TPSA) is 0 Å². The molecule has 0 heterocycles. The second-order valence-corrected chi connectivity index (χ2v) is 5.89. The molecule has 0 saturated carbocycles. The minimum Gasteiger partial charge on any atom is -0.0622 e. The Balaban J connectivity index is 1.66. The second-order valence-electron chi connectivity index (χ2n) is 5.89. The fourth-order valence-electron chi connectivity index (χ4n) is 2.59. The van der Waals surface area contributed by atoms with Gasteiger partial charge in [-0.05, 0) is 22.3 Å². The van der Waals surface area contributed by atoms with Crippen molar-refractivity contribution >= 4 is 24.3 Å². The summed E-state index contributed by atoms with van der Waals surface area (Å²) < 4.78 is 0. The Hall–Kier alpha value is -3.38. The molecule has 0 spiro atoms. The van der Waals surface area contributed by atoms with Crippen molar-refractivity contribution < 1.29 is 0 Å². The monoisotopic (exact) mass is 334 g/mol. The zero-order chi connectivity index (χ0) is 17.9. The summed E-state index contributed by atoms with van der Waals surface area (Å²) in [6.45, 7) is 0. The van der Waals surface area contributed by atoms with E-state index >= 15 is 0 Å². The van der Waals surface area contributed by atoms with Gasteiger partial charge in [0.15, 0.2) is 0 Å². The van der Waals surface area contributed by atoms with Crippen LogP contribution in [0.3, 0.4) is 0 Å². The molecule has 0 unspecified atom stereocenters. The van der Waals surface area contributed by atoms with Crippen LogP contribution in [0.2, 0.25) is 0 Å². The average Bonchev–Trinajstić information content (AvgIpc) is 2.71. The van der Waals surface area contributed by atoms with E-state index in [4.69, 9.17) is 0 Å². The molecule has 126 valence electrons. The zero-order valence-electron chi connectivity index (χ0n) is 14.7. The lowest BCUT2D eigenvalue weighted by molar-refractivity contribution is 1.61. The van der Waals surface area contributed by atoms with Crippen LogP contribution in [0, 0.1) is 0 Å². The van der Waals surface area contributed by atoms with Gasteiger partial charge in [0.05, 0.1) is 0 Å². The third kappa shape index (κ3) is 5.61. The van der Waals surface area contributed by atoms with E-state index in [1.807, 2.05) is 36.4 Å². The van der Waals surface area contributed by atoms with Gasteiger partial charge in [0.25, 0.3) is 0 Å². The van der Waals surface area contributed by atoms with Crippen molar-refractivity contribution in [2.24, 2.45) is 0 Å². The fraction of sp³-hybridized carbons (Fsp3) is 0. The summed E-state index contributed by atoms with van der Waals surface area (Å²) in [5.41, 5.74) is 4.82. The Morgan fingerprint density at radius 1 is 0.346 bits per heavy atom. The highest BCUT2D eigenvalue weighted by atomic mass is 14.0. The highest BCUT2D eigenvalue weighted by Crippen LogP contribution is 2.13. The lowest BCUT2D eigenvalue weighted by Crippen LogP contribution is -1.78. The van der Waals surface area contributed by atoms with Gasteiger partial charge in [0, 0.05) is 0 Å². The van der Waals surface area contributed by atoms with Crippen molar-refractivity contribution in [2.75, 3.05) is 0 Å². The van der Waals surface area contributed by atoms with Gasteiger partial charge in [-0.15, -0.1) is 0 Å². The Morgan fingerprint density at radius 2 is 0.692 bits per heavy atom. The molecule has 0 atom stereocenters. The Kier molecular flexibility index (Phi) is 6.58. The second kappa shape index (κ2) is 9.80. The van der Waals surface area contributed by atoms with E-state index in [-0.39, 0.29) is 0 Å². The lowest BCUT2D eigenvalue weighted by atomic mass is 10.1. The SMILES string of the molecule is C(/C=C/c1ccccc1/C=C/C=C/c1ccccc1)=C\c1ccccc1. The molecule has 3 aromatic rings. The molecular weight excluding hydrogens is 312 g/mol. The smallest absolute Gasteiger partial charge is 0.0184 e. The van der Waals surface area contributed by atoms with Gasteiger partial charge in [-0.1, -0.05) is 134 Å². The summed E-state index contributed by atoms with van der Waals surface area (Å²) in [6.07, 6.45) is 16.8. The molecule has 0 nitrogen and oxygen atoms in total.